The molecule has 0 aromatic heterocycles. The van der Waals surface area contributed by atoms with Gasteiger partial charge in [0.05, 0.1) is 17.7 Å². The summed E-state index contributed by atoms with van der Waals surface area (Å²) in [4.78, 5) is 13.1. The Labute approximate surface area is 196 Å². The maximum Gasteiger partial charge on any atom is 0.265 e. The molecular weight excluding hydrogens is 440 g/mol. The van der Waals surface area contributed by atoms with E-state index in [1.54, 1.807) is 13.0 Å². The molecule has 0 unspecified atom stereocenters. The highest BCUT2D eigenvalue weighted by molar-refractivity contribution is 7.89. The van der Waals surface area contributed by atoms with E-state index in [2.05, 4.69) is 11.4 Å². The van der Waals surface area contributed by atoms with Gasteiger partial charge in [-0.05, 0) is 80.8 Å². The molecule has 1 fully saturated rings. The summed E-state index contributed by atoms with van der Waals surface area (Å²) in [6.07, 6.45) is 6.26. The van der Waals surface area contributed by atoms with Gasteiger partial charge in [0.1, 0.15) is 11.5 Å². The quantitative estimate of drug-likeness (QED) is 0.654. The van der Waals surface area contributed by atoms with Gasteiger partial charge in [0, 0.05) is 13.1 Å². The van der Waals surface area contributed by atoms with Crippen molar-refractivity contribution in [2.24, 2.45) is 0 Å². The Morgan fingerprint density at radius 3 is 2.52 bits per heavy atom. The summed E-state index contributed by atoms with van der Waals surface area (Å²) in [5, 5.41) is 2.81. The Morgan fingerprint density at radius 2 is 1.76 bits per heavy atom. The molecule has 2 aromatic carbocycles. The van der Waals surface area contributed by atoms with Crippen molar-refractivity contribution in [3.8, 4) is 11.5 Å². The minimum absolute atomic E-state index is 0.145. The minimum Gasteiger partial charge on any atom is -0.495 e. The topological polar surface area (TPSA) is 84.9 Å². The zero-order valence-electron chi connectivity index (χ0n) is 19.3. The van der Waals surface area contributed by atoms with Gasteiger partial charge in [-0.25, -0.2) is 8.42 Å². The lowest BCUT2D eigenvalue weighted by Gasteiger charge is -2.26. The first-order chi connectivity index (χ1) is 15.9. The molecule has 1 aliphatic heterocycles. The third-order valence-electron chi connectivity index (χ3n) is 6.41. The molecule has 0 spiro atoms. The molecule has 2 aromatic rings. The van der Waals surface area contributed by atoms with Crippen LogP contribution in [0.3, 0.4) is 0 Å². The van der Waals surface area contributed by atoms with Gasteiger partial charge in [0.25, 0.3) is 5.91 Å². The molecule has 33 heavy (non-hydrogen) atoms. The fraction of sp³-hybridized carbons (Fsp3) is 0.480. The molecule has 0 bridgehead atoms. The highest BCUT2D eigenvalue weighted by Gasteiger charge is 2.27. The lowest BCUT2D eigenvalue weighted by Crippen LogP contribution is -2.35. The van der Waals surface area contributed by atoms with Gasteiger partial charge in [-0.15, -0.1) is 0 Å². The number of hydrogen-bond donors (Lipinski definition) is 1. The van der Waals surface area contributed by atoms with Crippen LogP contribution in [0.4, 0.5) is 5.69 Å². The average molecular weight is 473 g/mol. The molecule has 8 heteroatoms. The summed E-state index contributed by atoms with van der Waals surface area (Å²) < 4.78 is 39.1. The number of piperidine rings is 1. The zero-order valence-corrected chi connectivity index (χ0v) is 20.1. The first kappa shape index (κ1) is 23.6. The van der Waals surface area contributed by atoms with Crippen molar-refractivity contribution in [1.82, 2.24) is 4.31 Å². The van der Waals surface area contributed by atoms with Crippen LogP contribution in [0.15, 0.2) is 41.3 Å². The Morgan fingerprint density at radius 1 is 1.00 bits per heavy atom. The molecule has 0 saturated carbocycles. The number of methoxy groups -OCH3 is 1. The molecular formula is C25H32N2O5S. The third kappa shape index (κ3) is 5.17. The van der Waals surface area contributed by atoms with Crippen molar-refractivity contribution < 1.29 is 22.7 Å². The number of ether oxygens (including phenoxy) is 2. The molecule has 0 radical (unpaired) electrons. The van der Waals surface area contributed by atoms with Crippen LogP contribution in [-0.2, 0) is 27.7 Å². The number of amides is 1. The number of carbonyl (C=O) groups is 1. The largest absolute Gasteiger partial charge is 0.495 e. The van der Waals surface area contributed by atoms with E-state index < -0.39 is 16.1 Å². The zero-order chi connectivity index (χ0) is 23.4. The van der Waals surface area contributed by atoms with Crippen molar-refractivity contribution in [2.45, 2.75) is 62.9 Å². The van der Waals surface area contributed by atoms with E-state index >= 15 is 0 Å². The standard InChI is InChI=1S/C25H32N2O5S/c1-18(32-23-12-8-10-19-9-4-5-11-21(19)23)25(28)26-22-17-20(13-14-24(22)31-2)33(29,30)27-15-6-3-7-16-27/h8,10,12-14,17-18H,3-7,9,11,15-16H2,1-2H3,(H,26,28)/t18-/m0/s1. The fourth-order valence-electron chi connectivity index (χ4n) is 4.53. The van der Waals surface area contributed by atoms with E-state index in [0.717, 1.165) is 44.3 Å². The number of benzene rings is 2. The Bertz CT molecular complexity index is 1110. The average Bonchev–Trinajstić information content (AvgIpc) is 2.84. The van der Waals surface area contributed by atoms with Gasteiger partial charge in [0.15, 0.2) is 6.10 Å². The number of nitrogens with one attached hydrogen (secondary N) is 1. The van der Waals surface area contributed by atoms with E-state index in [9.17, 15) is 13.2 Å². The van der Waals surface area contributed by atoms with Crippen molar-refractivity contribution >= 4 is 21.6 Å². The molecule has 2 aliphatic rings. The molecule has 7 nitrogen and oxygen atoms in total. The predicted molar refractivity (Wildman–Crippen MR) is 127 cm³/mol. The van der Waals surface area contributed by atoms with Crippen LogP contribution in [0.1, 0.15) is 50.2 Å². The van der Waals surface area contributed by atoms with Crippen LogP contribution in [0.5, 0.6) is 11.5 Å². The van der Waals surface area contributed by atoms with Crippen LogP contribution in [0.2, 0.25) is 0 Å². The van der Waals surface area contributed by atoms with Gasteiger partial charge in [-0.3, -0.25) is 4.79 Å². The second-order valence-corrected chi connectivity index (χ2v) is 10.6. The van der Waals surface area contributed by atoms with Crippen LogP contribution < -0.4 is 14.8 Å². The van der Waals surface area contributed by atoms with E-state index in [4.69, 9.17) is 9.47 Å². The number of rotatable bonds is 7. The molecule has 178 valence electrons. The SMILES string of the molecule is COc1ccc(S(=O)(=O)N2CCCCC2)cc1NC(=O)[C@H](C)Oc1cccc2c1CCCC2. The number of hydrogen-bond acceptors (Lipinski definition) is 5. The lowest BCUT2D eigenvalue weighted by molar-refractivity contribution is -0.122. The Balaban J connectivity index is 1.52. The molecule has 1 heterocycles. The minimum atomic E-state index is -3.63. The Hall–Kier alpha value is -2.58. The van der Waals surface area contributed by atoms with Crippen molar-refractivity contribution in [1.29, 1.82) is 0 Å². The van der Waals surface area contributed by atoms with Crippen molar-refractivity contribution in [3.63, 3.8) is 0 Å². The molecule has 1 atom stereocenters. The lowest BCUT2D eigenvalue weighted by atomic mass is 9.91. The second-order valence-electron chi connectivity index (χ2n) is 8.68. The van der Waals surface area contributed by atoms with Gasteiger partial charge < -0.3 is 14.8 Å². The number of nitrogens with zero attached hydrogens (tertiary/aromatic N) is 1. The fourth-order valence-corrected chi connectivity index (χ4v) is 6.08. The number of sulfonamides is 1. The summed E-state index contributed by atoms with van der Waals surface area (Å²) in [6, 6.07) is 10.5. The molecule has 1 aliphatic carbocycles. The monoisotopic (exact) mass is 472 g/mol. The van der Waals surface area contributed by atoms with Gasteiger partial charge >= 0.3 is 0 Å². The van der Waals surface area contributed by atoms with Gasteiger partial charge in [0.2, 0.25) is 10.0 Å². The maximum atomic E-state index is 13.1. The molecule has 1 amide bonds. The van der Waals surface area contributed by atoms with E-state index in [0.29, 0.717) is 24.5 Å². The number of aryl methyl sites for hydroxylation is 1. The summed E-state index contributed by atoms with van der Waals surface area (Å²) in [5.41, 5.74) is 2.77. The van der Waals surface area contributed by atoms with Crippen LogP contribution in [0, 0.1) is 0 Å². The van der Waals surface area contributed by atoms with Crippen LogP contribution >= 0.6 is 0 Å². The predicted octanol–water partition coefficient (Wildman–Crippen LogP) is 4.15. The first-order valence-corrected chi connectivity index (χ1v) is 13.1. The van der Waals surface area contributed by atoms with Gasteiger partial charge in [-0.1, -0.05) is 18.6 Å². The third-order valence-corrected chi connectivity index (χ3v) is 8.30. The highest BCUT2D eigenvalue weighted by atomic mass is 32.2. The number of anilines is 1. The van der Waals surface area contributed by atoms with E-state index in [1.165, 1.54) is 41.1 Å². The molecule has 1 saturated heterocycles. The van der Waals surface area contributed by atoms with Crippen LogP contribution in [-0.4, -0.2) is 44.9 Å². The summed E-state index contributed by atoms with van der Waals surface area (Å²) in [7, 11) is -2.14. The Kier molecular flexibility index (Phi) is 7.24. The first-order valence-electron chi connectivity index (χ1n) is 11.7. The van der Waals surface area contributed by atoms with E-state index in [1.807, 2.05) is 12.1 Å². The maximum absolute atomic E-state index is 13.1. The van der Waals surface area contributed by atoms with E-state index in [-0.39, 0.29) is 10.8 Å². The van der Waals surface area contributed by atoms with Crippen molar-refractivity contribution in [2.75, 3.05) is 25.5 Å². The van der Waals surface area contributed by atoms with Crippen molar-refractivity contribution in [3.05, 3.63) is 47.5 Å². The highest BCUT2D eigenvalue weighted by Crippen LogP contribution is 2.32. The van der Waals surface area contributed by atoms with Gasteiger partial charge in [-0.2, -0.15) is 4.31 Å². The molecule has 1 N–H and O–H groups in total. The number of fused-ring (bicyclic) bond motifs is 1. The summed E-state index contributed by atoms with van der Waals surface area (Å²) in [6.45, 7) is 2.73. The summed E-state index contributed by atoms with van der Waals surface area (Å²) >= 11 is 0. The smallest absolute Gasteiger partial charge is 0.265 e. The number of carbonyl (C=O) groups excluding carboxylic acids is 1. The second kappa shape index (κ2) is 10.1. The van der Waals surface area contributed by atoms with Crippen LogP contribution in [0.25, 0.3) is 0 Å². The summed E-state index contributed by atoms with van der Waals surface area (Å²) in [5.74, 6) is 0.766. The normalized spacial score (nSPS) is 17.6. The molecule has 4 rings (SSSR count).